The first kappa shape index (κ1) is 86.8. The van der Waals surface area contributed by atoms with Crippen LogP contribution in [0.3, 0.4) is 0 Å². The third kappa shape index (κ3) is 17.8. The van der Waals surface area contributed by atoms with Crippen LogP contribution in [0.25, 0.3) is 67.1 Å². The van der Waals surface area contributed by atoms with E-state index in [0.29, 0.717) is 171 Å². The maximum absolute atomic E-state index is 12.3. The average molecular weight is 1770 g/mol. The molecule has 5 aliphatic rings. The monoisotopic (exact) mass is 1770 g/mol. The third-order valence-corrected chi connectivity index (χ3v) is 24.6. The van der Waals surface area contributed by atoms with Crippen LogP contribution in [0.4, 0.5) is 35.3 Å². The number of aliphatic carboxylic acids is 4. The summed E-state index contributed by atoms with van der Waals surface area (Å²) in [5.41, 5.74) is 6.98. The Balaban J connectivity index is 0.000000122. The first-order valence-electron chi connectivity index (χ1n) is 42.5. The first-order valence-corrected chi connectivity index (χ1v) is 42.5. The van der Waals surface area contributed by atoms with Crippen LogP contribution in [0.2, 0.25) is 0 Å². The first-order chi connectivity index (χ1) is 62.6. The van der Waals surface area contributed by atoms with Crippen LogP contribution < -0.4 is 29.4 Å². The van der Waals surface area contributed by atoms with Crippen molar-refractivity contribution in [3.63, 3.8) is 0 Å². The molecule has 5 saturated heterocycles. The summed E-state index contributed by atoms with van der Waals surface area (Å²) in [6, 6.07) is 38.4. The van der Waals surface area contributed by atoms with Crippen LogP contribution in [-0.4, -0.2) is 250 Å². The van der Waals surface area contributed by atoms with Crippen molar-refractivity contribution in [3.8, 4) is 34.5 Å². The van der Waals surface area contributed by atoms with Gasteiger partial charge in [0.15, 0.2) is 45.3 Å². The van der Waals surface area contributed by atoms with Crippen molar-refractivity contribution in [1.82, 2.24) is 92.8 Å². The second-order valence-corrected chi connectivity index (χ2v) is 33.2. The molecular formula is C90H95N25O15. The summed E-state index contributed by atoms with van der Waals surface area (Å²) in [7, 11) is 0. The predicted octanol–water partition coefficient (Wildman–Crippen LogP) is 8.35. The molecule has 15 aromatic rings. The number of anilines is 6. The Morgan fingerprint density at radius 1 is 0.408 bits per heavy atom. The topological polar surface area (TPSA) is 515 Å². The van der Waals surface area contributed by atoms with Crippen LogP contribution in [0.1, 0.15) is 92.8 Å². The zero-order valence-electron chi connectivity index (χ0n) is 71.2. The molecule has 670 valence electrons. The number of aromatic nitrogens is 19. The SMILES string of the molecule is CC1(C(=O)O)CCCN1c1nc(N2CCN(c3ccc(O)cc3)CC2)nc2c1ncn2-c1ccncc1.Cc1nc(N2CCC(O)(c3ccc(O)cc3)CC2)nc2c1ncn2CC(=O)O.Cc1nc(N2CCC(O)(c3ccc(O)cc3)CC2)nc2c1ncn2CCCCC(=O)O.O=C(O)Cn1cnc2c(-n3ncc4ccccc43)nc(N3CC(O)(c4ccc(O)cc4)C3)nc21. The number of benzene rings is 5. The van der Waals surface area contributed by atoms with Crippen molar-refractivity contribution < 1.29 is 75.3 Å². The second-order valence-electron chi connectivity index (χ2n) is 33.2. The number of aliphatic hydroxyl groups is 3. The number of carboxylic acid groups (broad SMARTS) is 4. The number of β-amino-alcohol motifs (C(OH)–C–C–N with tert-alkyl or cyclic N) is 1. The van der Waals surface area contributed by atoms with E-state index in [1.807, 2.05) is 81.3 Å². The number of hydrogen-bond acceptors (Lipinski definition) is 31. The number of nitrogens with zero attached hydrogens (tertiary/aromatic N) is 25. The number of fused-ring (bicyclic) bond motifs is 5. The van der Waals surface area contributed by atoms with Crippen molar-refractivity contribution in [3.05, 3.63) is 205 Å². The molecule has 130 heavy (non-hydrogen) atoms. The van der Waals surface area contributed by atoms with Gasteiger partial charge in [0.05, 0.1) is 72.1 Å². The highest BCUT2D eigenvalue weighted by Gasteiger charge is 2.47. The molecule has 1 atom stereocenters. The van der Waals surface area contributed by atoms with E-state index in [2.05, 4.69) is 64.7 Å². The zero-order chi connectivity index (χ0) is 90.9. The minimum Gasteiger partial charge on any atom is -0.508 e. The molecule has 5 aliphatic heterocycles. The van der Waals surface area contributed by atoms with Crippen LogP contribution in [-0.2, 0) is 55.6 Å². The largest absolute Gasteiger partial charge is 0.508 e. The maximum Gasteiger partial charge on any atom is 0.329 e. The normalized spacial score (nSPS) is 17.0. The highest BCUT2D eigenvalue weighted by Crippen LogP contribution is 2.42. The fourth-order valence-corrected chi connectivity index (χ4v) is 17.2. The quantitative estimate of drug-likeness (QED) is 0.0301. The zero-order valence-corrected chi connectivity index (χ0v) is 71.2. The number of phenolic OH excluding ortho intramolecular Hbond substituents is 4. The fraction of sp³-hybridized carbons (Fsp3) is 0.333. The number of phenols is 4. The number of pyridine rings is 1. The van der Waals surface area contributed by atoms with E-state index in [1.54, 1.807) is 121 Å². The van der Waals surface area contributed by atoms with Crippen molar-refractivity contribution >= 4 is 115 Å². The molecule has 0 radical (unpaired) electrons. The molecule has 1 unspecified atom stereocenters. The second kappa shape index (κ2) is 35.8. The molecule has 11 N–H and O–H groups in total. The van der Waals surface area contributed by atoms with Crippen molar-refractivity contribution in [1.29, 1.82) is 0 Å². The molecule has 20 rings (SSSR count). The summed E-state index contributed by atoms with van der Waals surface area (Å²) in [4.78, 5) is 117. The van der Waals surface area contributed by atoms with Crippen LogP contribution in [0.15, 0.2) is 177 Å². The van der Waals surface area contributed by atoms with E-state index in [4.69, 9.17) is 30.1 Å². The Morgan fingerprint density at radius 3 is 1.38 bits per heavy atom. The lowest BCUT2D eigenvalue weighted by molar-refractivity contribution is -0.142. The van der Waals surface area contributed by atoms with Crippen molar-refractivity contribution in [2.24, 2.45) is 0 Å². The number of unbranched alkanes of at least 4 members (excludes halogenated alkanes) is 1. The number of carboxylic acids is 4. The molecule has 0 spiro atoms. The molecule has 0 bridgehead atoms. The summed E-state index contributed by atoms with van der Waals surface area (Å²) in [5, 5.41) is 114. The van der Waals surface area contributed by atoms with E-state index in [1.165, 1.54) is 33.9 Å². The van der Waals surface area contributed by atoms with Gasteiger partial charge in [-0.15, -0.1) is 0 Å². The fourth-order valence-electron chi connectivity index (χ4n) is 17.2. The van der Waals surface area contributed by atoms with Gasteiger partial charge in [-0.25, -0.2) is 39.4 Å². The summed E-state index contributed by atoms with van der Waals surface area (Å²) < 4.78 is 8.45. The van der Waals surface area contributed by atoms with Gasteiger partial charge >= 0.3 is 23.9 Å². The molecular weight excluding hydrogens is 1670 g/mol. The average Bonchev–Trinajstić information content (AvgIpc) is 1.64. The highest BCUT2D eigenvalue weighted by molar-refractivity contribution is 5.92. The van der Waals surface area contributed by atoms with E-state index in [9.17, 15) is 65.1 Å². The lowest BCUT2D eigenvalue weighted by Crippen LogP contribution is -2.60. The predicted molar refractivity (Wildman–Crippen MR) is 478 cm³/mol. The van der Waals surface area contributed by atoms with Gasteiger partial charge in [-0.1, -0.05) is 54.6 Å². The smallest absolute Gasteiger partial charge is 0.329 e. The van der Waals surface area contributed by atoms with Gasteiger partial charge in [-0.2, -0.15) is 35.0 Å². The van der Waals surface area contributed by atoms with Gasteiger partial charge in [0.25, 0.3) is 0 Å². The third-order valence-electron chi connectivity index (χ3n) is 24.6. The Kier molecular flexibility index (Phi) is 23.9. The number of hydrogen-bond donors (Lipinski definition) is 11. The summed E-state index contributed by atoms with van der Waals surface area (Å²) in [6.45, 7) is 11.9. The Labute approximate surface area is 741 Å². The van der Waals surface area contributed by atoms with Gasteiger partial charge in [-0.3, -0.25) is 23.9 Å². The lowest BCUT2D eigenvalue weighted by atomic mass is 9.84. The van der Waals surface area contributed by atoms with Gasteiger partial charge in [0, 0.05) is 95.3 Å². The Morgan fingerprint density at radius 2 is 0.846 bits per heavy atom. The number of carbonyl (C=O) groups is 4. The Bertz CT molecular complexity index is 6660. The van der Waals surface area contributed by atoms with E-state index in [0.717, 1.165) is 76.2 Å². The standard InChI is InChI=1S/C26H28N8O3.C23H19N7O4.C22H27N5O4.C19H21N5O4/c1-26(24(36)37)9-2-12-34(26)23-21-22(33(17-28-21)19-7-10-27-11-8-19)29-25(30-23)32-15-13-31(14-16-32)18-3-5-20(35)6-4-18;31-16-7-5-15(6-8-16)23(34)11-29(12-23)22-26-20-19(24-13-28(20)10-18(32)33)21(27-22)30-17-4-2-1-3-14(17)9-25-30;1-15-19-20(27(14-23-19)11-3-2-4-18(29)30)25-21(24-15)26-12-9-22(31,10-13-26)16-5-7-17(28)8-6-16;1-12-16-17(24(11-20-16)10-15(26)27)22-18(21-12)23-8-6-19(28,7-9-23)13-2-4-14(25)5-3-13/h3-8,10-11,17,35H,2,9,12-16H2,1H3,(H,36,37);1-9,13,31,34H,10-12H2,(H,32,33);5-8,14,28,31H,2-4,9-13H2,1H3,(H,29,30);2-5,11,25,28H,6-10H2,1H3,(H,26,27). The molecule has 15 heterocycles. The number of aryl methyl sites for hydroxylation is 3. The molecule has 40 heteroatoms. The number of aromatic hydroxyl groups is 4. The summed E-state index contributed by atoms with van der Waals surface area (Å²) >= 11 is 0. The van der Waals surface area contributed by atoms with E-state index < -0.39 is 46.2 Å². The molecule has 40 nitrogen and oxygen atoms in total. The molecule has 0 amide bonds. The number of para-hydroxylation sites is 1. The molecule has 0 aliphatic carbocycles. The van der Waals surface area contributed by atoms with Crippen LogP contribution in [0.5, 0.6) is 23.0 Å². The lowest BCUT2D eigenvalue weighted by Gasteiger charge is -2.46. The minimum atomic E-state index is -1.12. The van der Waals surface area contributed by atoms with Crippen molar-refractivity contribution in [2.45, 2.75) is 121 Å². The number of rotatable bonds is 21. The number of imidazole rings is 4. The Hall–Kier alpha value is -15.3. The van der Waals surface area contributed by atoms with Gasteiger partial charge < -0.3 is 99.3 Å². The molecule has 10 aromatic heterocycles. The summed E-state index contributed by atoms with van der Waals surface area (Å²) in [6.07, 6.45) is 16.3. The van der Waals surface area contributed by atoms with Crippen molar-refractivity contribution in [2.75, 3.05) is 101 Å². The number of piperazine rings is 1. The van der Waals surface area contributed by atoms with Gasteiger partial charge in [-0.05, 0) is 168 Å². The molecule has 0 saturated carbocycles. The van der Waals surface area contributed by atoms with Crippen LogP contribution >= 0.6 is 0 Å². The maximum atomic E-state index is 12.3. The van der Waals surface area contributed by atoms with E-state index >= 15 is 0 Å². The van der Waals surface area contributed by atoms with E-state index in [-0.39, 0.29) is 55.6 Å². The minimum absolute atomic E-state index is 0.125. The van der Waals surface area contributed by atoms with Gasteiger partial charge in [0.1, 0.15) is 64.6 Å². The number of piperidine rings is 2. The van der Waals surface area contributed by atoms with Crippen LogP contribution in [0, 0.1) is 13.8 Å². The molecule has 5 aromatic carbocycles. The molecule has 5 fully saturated rings. The highest BCUT2D eigenvalue weighted by atomic mass is 16.4. The summed E-state index contributed by atoms with van der Waals surface area (Å²) in [5.74, 6) is 0.0738. The van der Waals surface area contributed by atoms with Gasteiger partial charge in [0.2, 0.25) is 23.8 Å².